The van der Waals surface area contributed by atoms with Crippen LogP contribution in [0.3, 0.4) is 0 Å². The van der Waals surface area contributed by atoms with Crippen LogP contribution in [-0.2, 0) is 11.2 Å². The molecule has 0 aromatic heterocycles. The van der Waals surface area contributed by atoms with Crippen molar-refractivity contribution >= 4 is 12.0 Å². The van der Waals surface area contributed by atoms with Crippen molar-refractivity contribution < 1.29 is 33.0 Å². The number of aliphatic carboxylic acids is 1. The highest BCUT2D eigenvalue weighted by Gasteiger charge is 2.62. The molecule has 214 valence electrons. The molecule has 2 aromatic rings. The van der Waals surface area contributed by atoms with E-state index in [0.29, 0.717) is 37.7 Å². The SMILES string of the molecule is CCOc1cc([C@@H](C)N(CCCCc2ccccc2C)C(=O)NC2(C(=O)O)CC(F)(F)C2)cc(OCC)c1C. The van der Waals surface area contributed by atoms with Gasteiger partial charge in [0.25, 0.3) is 5.92 Å². The first kappa shape index (κ1) is 30.2. The summed E-state index contributed by atoms with van der Waals surface area (Å²) in [5, 5.41) is 12.1. The first-order valence-electron chi connectivity index (χ1n) is 13.6. The molecule has 1 aliphatic rings. The number of ether oxygens (including phenoxy) is 2. The van der Waals surface area contributed by atoms with E-state index in [1.807, 2.05) is 52.0 Å². The molecule has 9 heteroatoms. The number of carbonyl (C=O) groups excluding carboxylic acids is 1. The zero-order valence-electron chi connectivity index (χ0n) is 23.5. The van der Waals surface area contributed by atoms with Crippen LogP contribution in [0.1, 0.15) is 74.8 Å². The van der Waals surface area contributed by atoms with Gasteiger partial charge in [-0.15, -0.1) is 0 Å². The summed E-state index contributed by atoms with van der Waals surface area (Å²) >= 11 is 0. The molecule has 2 N–H and O–H groups in total. The van der Waals surface area contributed by atoms with Crippen LogP contribution in [-0.4, -0.2) is 53.2 Å². The molecule has 1 fully saturated rings. The number of unbranched alkanes of at least 4 members (excludes halogenated alkanes) is 1. The number of carboxylic acid groups (broad SMARTS) is 1. The second-order valence-corrected chi connectivity index (χ2v) is 10.3. The summed E-state index contributed by atoms with van der Waals surface area (Å²) in [6.07, 6.45) is 0.417. The third kappa shape index (κ3) is 7.19. The summed E-state index contributed by atoms with van der Waals surface area (Å²) in [7, 11) is 0. The second kappa shape index (κ2) is 12.7. The van der Waals surface area contributed by atoms with E-state index in [1.165, 1.54) is 16.0 Å². The highest BCUT2D eigenvalue weighted by atomic mass is 19.3. The normalized spacial score (nSPS) is 16.1. The number of nitrogens with one attached hydrogen (secondary N) is 1. The lowest BCUT2D eigenvalue weighted by Gasteiger charge is -2.45. The van der Waals surface area contributed by atoms with Crippen LogP contribution in [0.25, 0.3) is 0 Å². The van der Waals surface area contributed by atoms with Crippen LogP contribution in [0, 0.1) is 13.8 Å². The van der Waals surface area contributed by atoms with E-state index in [4.69, 9.17) is 9.47 Å². The van der Waals surface area contributed by atoms with Crippen molar-refractivity contribution in [1.82, 2.24) is 10.2 Å². The highest BCUT2D eigenvalue weighted by Crippen LogP contribution is 2.46. The summed E-state index contributed by atoms with van der Waals surface area (Å²) in [5.41, 5.74) is 2.01. The molecule has 39 heavy (non-hydrogen) atoms. The van der Waals surface area contributed by atoms with Gasteiger partial charge < -0.3 is 24.8 Å². The molecule has 0 heterocycles. The van der Waals surface area contributed by atoms with Gasteiger partial charge in [0.15, 0.2) is 5.54 Å². The zero-order valence-corrected chi connectivity index (χ0v) is 23.5. The number of hydrogen-bond acceptors (Lipinski definition) is 4. The number of benzene rings is 2. The number of carbonyl (C=O) groups is 2. The van der Waals surface area contributed by atoms with Crippen molar-refractivity contribution in [3.05, 3.63) is 58.7 Å². The van der Waals surface area contributed by atoms with Crippen molar-refractivity contribution in [3.63, 3.8) is 0 Å². The second-order valence-electron chi connectivity index (χ2n) is 10.3. The number of nitrogens with zero attached hydrogens (tertiary/aromatic N) is 1. The molecule has 0 radical (unpaired) electrons. The van der Waals surface area contributed by atoms with E-state index >= 15 is 0 Å². The molecule has 1 aliphatic carbocycles. The third-order valence-electron chi connectivity index (χ3n) is 7.38. The van der Waals surface area contributed by atoms with Crippen molar-refractivity contribution in [2.75, 3.05) is 19.8 Å². The number of amides is 2. The van der Waals surface area contributed by atoms with Crippen LogP contribution in [0.5, 0.6) is 11.5 Å². The van der Waals surface area contributed by atoms with E-state index < -0.39 is 42.3 Å². The van der Waals surface area contributed by atoms with Crippen LogP contribution < -0.4 is 14.8 Å². The van der Waals surface area contributed by atoms with Gasteiger partial charge in [0.2, 0.25) is 0 Å². The number of hydrogen-bond donors (Lipinski definition) is 2. The van der Waals surface area contributed by atoms with Crippen molar-refractivity contribution in [2.45, 2.75) is 84.2 Å². The van der Waals surface area contributed by atoms with Gasteiger partial charge in [0, 0.05) is 24.9 Å². The fourth-order valence-corrected chi connectivity index (χ4v) is 5.07. The van der Waals surface area contributed by atoms with Crippen LogP contribution in [0.2, 0.25) is 0 Å². The Morgan fingerprint density at radius 1 is 1.05 bits per heavy atom. The molecule has 1 atom stereocenters. The van der Waals surface area contributed by atoms with Gasteiger partial charge in [0.05, 0.1) is 19.3 Å². The van der Waals surface area contributed by atoms with Gasteiger partial charge in [0.1, 0.15) is 11.5 Å². The molecule has 0 spiro atoms. The van der Waals surface area contributed by atoms with Gasteiger partial charge in [-0.3, -0.25) is 0 Å². The Hall–Kier alpha value is -3.36. The molecular weight excluding hydrogens is 506 g/mol. The molecule has 1 saturated carbocycles. The summed E-state index contributed by atoms with van der Waals surface area (Å²) in [5.74, 6) is -3.32. The van der Waals surface area contributed by atoms with Crippen LogP contribution >= 0.6 is 0 Å². The maximum atomic E-state index is 13.7. The lowest BCUT2D eigenvalue weighted by Crippen LogP contribution is -2.68. The summed E-state index contributed by atoms with van der Waals surface area (Å²) < 4.78 is 39.1. The van der Waals surface area contributed by atoms with E-state index in [9.17, 15) is 23.5 Å². The molecule has 0 bridgehead atoms. The van der Waals surface area contributed by atoms with Crippen molar-refractivity contribution in [1.29, 1.82) is 0 Å². The zero-order chi connectivity index (χ0) is 28.8. The van der Waals surface area contributed by atoms with E-state index in [1.54, 1.807) is 0 Å². The van der Waals surface area contributed by atoms with E-state index in [-0.39, 0.29) is 0 Å². The predicted molar refractivity (Wildman–Crippen MR) is 146 cm³/mol. The van der Waals surface area contributed by atoms with Crippen LogP contribution in [0.15, 0.2) is 36.4 Å². The number of urea groups is 1. The molecular formula is C30H40F2N2O5. The molecule has 0 aliphatic heterocycles. The van der Waals surface area contributed by atoms with Gasteiger partial charge in [-0.05, 0) is 82.7 Å². The first-order valence-corrected chi connectivity index (χ1v) is 13.6. The Kier molecular flexibility index (Phi) is 9.80. The summed E-state index contributed by atoms with van der Waals surface area (Å²) in [6.45, 7) is 10.7. The van der Waals surface area contributed by atoms with Crippen molar-refractivity contribution in [2.24, 2.45) is 0 Å². The van der Waals surface area contributed by atoms with Crippen LogP contribution in [0.4, 0.5) is 13.6 Å². The fraction of sp³-hybridized carbons (Fsp3) is 0.533. The standard InChI is InChI=1S/C30H40F2N2O5/c1-6-38-25-16-24(17-26(21(25)4)39-7-2)22(5)34(15-11-10-14-23-13-9-8-12-20(23)3)28(37)33-29(27(35)36)18-30(31,32)19-29/h8-9,12-13,16-17,22H,6-7,10-11,14-15,18-19H2,1-5H3,(H,33,37)(H,35,36)/t22-/m1/s1. The minimum atomic E-state index is -3.12. The fourth-order valence-electron chi connectivity index (χ4n) is 5.07. The minimum Gasteiger partial charge on any atom is -0.493 e. The number of aryl methyl sites for hydroxylation is 2. The Bertz CT molecular complexity index is 1130. The Balaban J connectivity index is 1.86. The number of carboxylic acids is 1. The number of halogens is 2. The summed E-state index contributed by atoms with van der Waals surface area (Å²) in [4.78, 5) is 27.0. The molecule has 2 aromatic carbocycles. The Labute approximate surface area is 229 Å². The maximum Gasteiger partial charge on any atom is 0.329 e. The number of rotatable bonds is 13. The largest absolute Gasteiger partial charge is 0.493 e. The minimum absolute atomic E-state index is 0.312. The highest BCUT2D eigenvalue weighted by molar-refractivity contribution is 5.88. The third-order valence-corrected chi connectivity index (χ3v) is 7.38. The van der Waals surface area contributed by atoms with Gasteiger partial charge >= 0.3 is 12.0 Å². The Morgan fingerprint density at radius 2 is 1.64 bits per heavy atom. The van der Waals surface area contributed by atoms with Crippen molar-refractivity contribution in [3.8, 4) is 11.5 Å². The van der Waals surface area contributed by atoms with Gasteiger partial charge in [-0.2, -0.15) is 0 Å². The first-order chi connectivity index (χ1) is 18.4. The maximum absolute atomic E-state index is 13.7. The lowest BCUT2D eigenvalue weighted by atomic mass is 9.73. The lowest BCUT2D eigenvalue weighted by molar-refractivity contribution is -0.175. The van der Waals surface area contributed by atoms with Gasteiger partial charge in [-0.1, -0.05) is 24.3 Å². The van der Waals surface area contributed by atoms with Gasteiger partial charge in [-0.25, -0.2) is 18.4 Å². The predicted octanol–water partition coefficient (Wildman–Crippen LogP) is 6.45. The monoisotopic (exact) mass is 546 g/mol. The quantitative estimate of drug-likeness (QED) is 0.282. The Morgan fingerprint density at radius 3 is 2.15 bits per heavy atom. The molecule has 0 saturated heterocycles. The average molecular weight is 547 g/mol. The van der Waals surface area contributed by atoms with E-state index in [2.05, 4.69) is 24.4 Å². The average Bonchev–Trinajstić information content (AvgIpc) is 2.85. The topological polar surface area (TPSA) is 88.1 Å². The van der Waals surface area contributed by atoms with E-state index in [0.717, 1.165) is 24.0 Å². The molecule has 7 nitrogen and oxygen atoms in total. The molecule has 0 unspecified atom stereocenters. The smallest absolute Gasteiger partial charge is 0.329 e. The molecule has 2 amide bonds. The molecule has 3 rings (SSSR count). The number of alkyl halides is 2. The summed E-state index contributed by atoms with van der Waals surface area (Å²) in [6, 6.07) is 10.6.